The number of H-pyrrole nitrogens is 1. The van der Waals surface area contributed by atoms with Gasteiger partial charge in [0.15, 0.2) is 0 Å². The van der Waals surface area contributed by atoms with Gasteiger partial charge >= 0.3 is 0 Å². The van der Waals surface area contributed by atoms with Crippen LogP contribution >= 0.6 is 0 Å². The average molecular weight is 372 g/mol. The summed E-state index contributed by atoms with van der Waals surface area (Å²) in [4.78, 5) is 18.2. The standard InChI is InChI=1S/C20H28N4O3/c21-18(7-13-9-22-19-4-2-1-3-17(13)19)20(26)23-14-8-15-12-27-16(5-6-25)11-24(15)10-14/h1-4,9,14-16,18,22,25H,5-8,10-12,21H2,(H,23,26)/t14-,15+,16+,18-/m1/s1. The lowest BCUT2D eigenvalue weighted by atomic mass is 10.0. The first kappa shape index (κ1) is 18.4. The SMILES string of the molecule is N[C@H](Cc1c[nH]c2ccccc12)C(=O)N[C@@H]1C[C@H]2CO[C@@H](CCO)CN2C1. The zero-order valence-corrected chi connectivity index (χ0v) is 15.4. The summed E-state index contributed by atoms with van der Waals surface area (Å²) in [7, 11) is 0. The van der Waals surface area contributed by atoms with E-state index in [1.54, 1.807) is 0 Å². The summed E-state index contributed by atoms with van der Waals surface area (Å²) >= 11 is 0. The number of nitrogens with one attached hydrogen (secondary N) is 2. The third-order valence-corrected chi connectivity index (χ3v) is 5.74. The highest BCUT2D eigenvalue weighted by Gasteiger charge is 2.38. The first-order chi connectivity index (χ1) is 13.1. The molecule has 2 saturated heterocycles. The molecule has 1 aromatic heterocycles. The van der Waals surface area contributed by atoms with Crippen LogP contribution in [0.25, 0.3) is 10.9 Å². The largest absolute Gasteiger partial charge is 0.396 e. The first-order valence-electron chi connectivity index (χ1n) is 9.71. The van der Waals surface area contributed by atoms with Gasteiger partial charge in [0.05, 0.1) is 18.8 Å². The number of fused-ring (bicyclic) bond motifs is 2. The number of aromatic amines is 1. The van der Waals surface area contributed by atoms with E-state index in [1.807, 2.05) is 30.5 Å². The number of hydrogen-bond acceptors (Lipinski definition) is 5. The number of benzene rings is 1. The molecule has 2 aromatic rings. The molecule has 4 rings (SSSR count). The Balaban J connectivity index is 1.31. The number of aromatic nitrogens is 1. The number of carbonyl (C=O) groups is 1. The van der Waals surface area contributed by atoms with Crippen LogP contribution in [0.3, 0.4) is 0 Å². The van der Waals surface area contributed by atoms with Crippen molar-refractivity contribution in [1.82, 2.24) is 15.2 Å². The second-order valence-electron chi connectivity index (χ2n) is 7.69. The molecule has 0 aliphatic carbocycles. The van der Waals surface area contributed by atoms with Crippen molar-refractivity contribution >= 4 is 16.8 Å². The summed E-state index contributed by atoms with van der Waals surface area (Å²) in [6.07, 6.45) is 4.08. The minimum Gasteiger partial charge on any atom is -0.396 e. The van der Waals surface area contributed by atoms with Gasteiger partial charge in [-0.1, -0.05) is 18.2 Å². The number of nitrogens with zero attached hydrogens (tertiary/aromatic N) is 1. The second-order valence-corrected chi connectivity index (χ2v) is 7.69. The van der Waals surface area contributed by atoms with Crippen LogP contribution in [0.2, 0.25) is 0 Å². The van der Waals surface area contributed by atoms with Crippen LogP contribution in [0, 0.1) is 0 Å². The van der Waals surface area contributed by atoms with Gasteiger partial charge in [0.1, 0.15) is 0 Å². The minimum atomic E-state index is -0.569. The third kappa shape index (κ3) is 4.01. The molecule has 2 fully saturated rings. The topological polar surface area (TPSA) is 104 Å². The molecule has 0 saturated carbocycles. The average Bonchev–Trinajstić information content (AvgIpc) is 3.25. The fraction of sp³-hybridized carbons (Fsp3) is 0.550. The van der Waals surface area contributed by atoms with Crippen LogP contribution in [-0.2, 0) is 16.0 Å². The summed E-state index contributed by atoms with van der Waals surface area (Å²) in [5, 5.41) is 13.3. The number of aliphatic hydroxyl groups is 1. The van der Waals surface area contributed by atoms with Crippen molar-refractivity contribution in [1.29, 1.82) is 0 Å². The Labute approximate surface area is 158 Å². The lowest BCUT2D eigenvalue weighted by Crippen LogP contribution is -2.48. The quantitative estimate of drug-likeness (QED) is 0.587. The van der Waals surface area contributed by atoms with Gasteiger partial charge in [0.25, 0.3) is 0 Å². The Hall–Kier alpha value is -1.93. The lowest BCUT2D eigenvalue weighted by Gasteiger charge is -2.34. The number of para-hydroxylation sites is 1. The van der Waals surface area contributed by atoms with Crippen LogP contribution < -0.4 is 11.1 Å². The normalized spacial score (nSPS) is 26.8. The van der Waals surface area contributed by atoms with Crippen LogP contribution in [0.1, 0.15) is 18.4 Å². The van der Waals surface area contributed by atoms with Gasteiger partial charge in [0, 0.05) is 48.9 Å². The molecule has 1 aromatic carbocycles. The molecule has 2 aliphatic heterocycles. The number of aliphatic hydroxyl groups excluding tert-OH is 1. The molecule has 0 spiro atoms. The van der Waals surface area contributed by atoms with Crippen LogP contribution in [-0.4, -0.2) is 71.4 Å². The minimum absolute atomic E-state index is 0.0878. The van der Waals surface area contributed by atoms with E-state index < -0.39 is 6.04 Å². The molecule has 0 radical (unpaired) electrons. The number of nitrogens with two attached hydrogens (primary N) is 1. The van der Waals surface area contributed by atoms with Crippen molar-refractivity contribution in [3.05, 3.63) is 36.0 Å². The fourth-order valence-corrected chi connectivity index (χ4v) is 4.30. The maximum atomic E-state index is 12.6. The third-order valence-electron chi connectivity index (χ3n) is 5.74. The zero-order valence-electron chi connectivity index (χ0n) is 15.4. The molecule has 0 unspecified atom stereocenters. The second kappa shape index (κ2) is 7.98. The Morgan fingerprint density at radius 1 is 1.41 bits per heavy atom. The summed E-state index contributed by atoms with van der Waals surface area (Å²) in [5.41, 5.74) is 8.32. The molecular formula is C20H28N4O3. The molecule has 5 N–H and O–H groups in total. The molecule has 146 valence electrons. The van der Waals surface area contributed by atoms with Gasteiger partial charge in [-0.25, -0.2) is 0 Å². The lowest BCUT2D eigenvalue weighted by molar-refractivity contribution is -0.122. The van der Waals surface area contributed by atoms with Gasteiger partial charge in [-0.05, 0) is 30.9 Å². The van der Waals surface area contributed by atoms with Crippen molar-refractivity contribution < 1.29 is 14.6 Å². The highest BCUT2D eigenvalue weighted by atomic mass is 16.5. The predicted molar refractivity (Wildman–Crippen MR) is 103 cm³/mol. The first-order valence-corrected chi connectivity index (χ1v) is 9.71. The van der Waals surface area contributed by atoms with E-state index in [4.69, 9.17) is 15.6 Å². The van der Waals surface area contributed by atoms with Gasteiger partial charge < -0.3 is 25.9 Å². The maximum Gasteiger partial charge on any atom is 0.237 e. The van der Waals surface area contributed by atoms with Gasteiger partial charge in [0.2, 0.25) is 5.91 Å². The number of amides is 1. The summed E-state index contributed by atoms with van der Waals surface area (Å²) in [6.45, 7) is 2.45. The van der Waals surface area contributed by atoms with Crippen molar-refractivity contribution in [3.8, 4) is 0 Å². The monoisotopic (exact) mass is 372 g/mol. The van der Waals surface area contributed by atoms with Crippen LogP contribution in [0.5, 0.6) is 0 Å². The van der Waals surface area contributed by atoms with Crippen molar-refractivity contribution in [3.63, 3.8) is 0 Å². The van der Waals surface area contributed by atoms with Gasteiger partial charge in [-0.2, -0.15) is 0 Å². The van der Waals surface area contributed by atoms with Gasteiger partial charge in [-0.3, -0.25) is 9.69 Å². The van der Waals surface area contributed by atoms with Gasteiger partial charge in [-0.15, -0.1) is 0 Å². The number of morpholine rings is 1. The van der Waals surface area contributed by atoms with Crippen molar-refractivity contribution in [2.24, 2.45) is 5.73 Å². The Morgan fingerprint density at radius 3 is 3.11 bits per heavy atom. The Kier molecular flexibility index (Phi) is 5.45. The highest BCUT2D eigenvalue weighted by molar-refractivity contribution is 5.86. The summed E-state index contributed by atoms with van der Waals surface area (Å²) < 4.78 is 5.80. The zero-order chi connectivity index (χ0) is 18.8. The molecule has 4 atom stereocenters. The smallest absolute Gasteiger partial charge is 0.237 e. The van der Waals surface area contributed by atoms with Crippen molar-refractivity contribution in [2.75, 3.05) is 26.3 Å². The number of rotatable bonds is 6. The Morgan fingerprint density at radius 2 is 2.26 bits per heavy atom. The molecule has 0 bridgehead atoms. The molecule has 2 aliphatic rings. The van der Waals surface area contributed by atoms with E-state index in [2.05, 4.69) is 15.2 Å². The molecule has 27 heavy (non-hydrogen) atoms. The van der Waals surface area contributed by atoms with E-state index in [0.29, 0.717) is 25.5 Å². The van der Waals surface area contributed by atoms with E-state index >= 15 is 0 Å². The molecule has 1 amide bonds. The predicted octanol–water partition coefficient (Wildman–Crippen LogP) is 0.378. The summed E-state index contributed by atoms with van der Waals surface area (Å²) in [5.74, 6) is -0.0991. The number of ether oxygens (including phenoxy) is 1. The van der Waals surface area contributed by atoms with Crippen molar-refractivity contribution in [2.45, 2.75) is 43.5 Å². The molecular weight excluding hydrogens is 344 g/mol. The number of carbonyl (C=O) groups excluding carboxylic acids is 1. The molecule has 7 heteroatoms. The van der Waals surface area contributed by atoms with E-state index in [-0.39, 0.29) is 24.7 Å². The van der Waals surface area contributed by atoms with E-state index in [1.165, 1.54) is 0 Å². The molecule has 7 nitrogen and oxygen atoms in total. The van der Waals surface area contributed by atoms with E-state index in [9.17, 15) is 4.79 Å². The molecule has 3 heterocycles. The van der Waals surface area contributed by atoms with Crippen LogP contribution in [0.15, 0.2) is 30.5 Å². The fourth-order valence-electron chi connectivity index (χ4n) is 4.30. The van der Waals surface area contributed by atoms with Crippen LogP contribution in [0.4, 0.5) is 0 Å². The summed E-state index contributed by atoms with van der Waals surface area (Å²) in [6, 6.07) is 7.92. The maximum absolute atomic E-state index is 12.6. The Bertz CT molecular complexity index is 792. The van der Waals surface area contributed by atoms with E-state index in [0.717, 1.165) is 36.0 Å². The highest BCUT2D eigenvalue weighted by Crippen LogP contribution is 2.24. The number of hydrogen-bond donors (Lipinski definition) is 4.